The van der Waals surface area contributed by atoms with E-state index in [0.29, 0.717) is 13.1 Å². The number of piperidine rings is 1. The molecule has 1 N–H and O–H groups in total. The van der Waals surface area contributed by atoms with Crippen LogP contribution in [-0.4, -0.2) is 42.1 Å². The predicted molar refractivity (Wildman–Crippen MR) is 96.8 cm³/mol. The smallest absolute Gasteiger partial charge is 0.225 e. The first-order valence-electron chi connectivity index (χ1n) is 8.98. The van der Waals surface area contributed by atoms with Crippen LogP contribution in [0.4, 0.5) is 0 Å². The standard InChI is InChI=1S/C19H26N2O2S/c22-18(20-11-5-13-24-17-7-2-1-3-8-17)16-6-4-12-21(14-16)19(23)15-9-10-15/h1-3,7-8,15-16H,4-6,9-14H2,(H,20,22)/t16-/m0/s1. The summed E-state index contributed by atoms with van der Waals surface area (Å²) in [5, 5.41) is 3.05. The number of hydrogen-bond donors (Lipinski definition) is 1. The third-order valence-electron chi connectivity index (χ3n) is 4.66. The van der Waals surface area contributed by atoms with E-state index in [1.807, 2.05) is 34.9 Å². The van der Waals surface area contributed by atoms with Crippen molar-refractivity contribution in [2.24, 2.45) is 11.8 Å². The molecule has 0 aromatic heterocycles. The molecule has 0 radical (unpaired) electrons. The van der Waals surface area contributed by atoms with Crippen molar-refractivity contribution in [3.05, 3.63) is 30.3 Å². The molecule has 2 fully saturated rings. The molecule has 0 unspecified atom stereocenters. The van der Waals surface area contributed by atoms with Crippen LogP contribution >= 0.6 is 11.8 Å². The lowest BCUT2D eigenvalue weighted by atomic mass is 9.96. The number of hydrogen-bond acceptors (Lipinski definition) is 3. The minimum absolute atomic E-state index is 0.0248. The van der Waals surface area contributed by atoms with Crippen LogP contribution in [0.5, 0.6) is 0 Å². The monoisotopic (exact) mass is 346 g/mol. The highest BCUT2D eigenvalue weighted by Gasteiger charge is 2.36. The Bertz CT molecular complexity index is 560. The van der Waals surface area contributed by atoms with Gasteiger partial charge in [-0.2, -0.15) is 0 Å². The highest BCUT2D eigenvalue weighted by atomic mass is 32.2. The molecule has 0 spiro atoms. The number of thioether (sulfide) groups is 1. The second kappa shape index (κ2) is 8.56. The van der Waals surface area contributed by atoms with E-state index in [2.05, 4.69) is 17.4 Å². The molecule has 4 nitrogen and oxygen atoms in total. The molecule has 1 heterocycles. The van der Waals surface area contributed by atoms with Crippen molar-refractivity contribution in [2.45, 2.75) is 37.0 Å². The van der Waals surface area contributed by atoms with Crippen molar-refractivity contribution in [3.8, 4) is 0 Å². The van der Waals surface area contributed by atoms with Gasteiger partial charge in [0.1, 0.15) is 0 Å². The quantitative estimate of drug-likeness (QED) is 0.610. The number of carbonyl (C=O) groups is 2. The van der Waals surface area contributed by atoms with Gasteiger partial charge in [0.15, 0.2) is 0 Å². The van der Waals surface area contributed by atoms with E-state index in [1.54, 1.807) is 0 Å². The summed E-state index contributed by atoms with van der Waals surface area (Å²) in [5.41, 5.74) is 0. The van der Waals surface area contributed by atoms with Gasteiger partial charge in [-0.15, -0.1) is 11.8 Å². The van der Waals surface area contributed by atoms with E-state index >= 15 is 0 Å². The van der Waals surface area contributed by atoms with Crippen LogP contribution in [0.15, 0.2) is 35.2 Å². The first-order chi connectivity index (χ1) is 11.7. The molecule has 0 bridgehead atoms. The molecular formula is C19H26N2O2S. The van der Waals surface area contributed by atoms with Crippen LogP contribution < -0.4 is 5.32 Å². The maximum atomic E-state index is 12.3. The fourth-order valence-corrected chi connectivity index (χ4v) is 3.99. The van der Waals surface area contributed by atoms with Gasteiger partial charge in [-0.1, -0.05) is 18.2 Å². The first-order valence-corrected chi connectivity index (χ1v) is 9.97. The summed E-state index contributed by atoms with van der Waals surface area (Å²) in [4.78, 5) is 27.7. The fourth-order valence-electron chi connectivity index (χ4n) is 3.11. The number of nitrogens with one attached hydrogen (secondary N) is 1. The second-order valence-electron chi connectivity index (χ2n) is 6.70. The summed E-state index contributed by atoms with van der Waals surface area (Å²) < 4.78 is 0. The number of benzene rings is 1. The predicted octanol–water partition coefficient (Wildman–Crippen LogP) is 2.93. The Balaban J connectivity index is 1.33. The lowest BCUT2D eigenvalue weighted by Gasteiger charge is -2.32. The number of amides is 2. The molecule has 5 heteroatoms. The highest BCUT2D eigenvalue weighted by Crippen LogP contribution is 2.32. The van der Waals surface area contributed by atoms with Crippen molar-refractivity contribution in [2.75, 3.05) is 25.4 Å². The van der Waals surface area contributed by atoms with E-state index in [9.17, 15) is 9.59 Å². The summed E-state index contributed by atoms with van der Waals surface area (Å²) in [6.07, 6.45) is 4.87. The summed E-state index contributed by atoms with van der Waals surface area (Å²) in [6, 6.07) is 10.3. The van der Waals surface area contributed by atoms with Gasteiger partial charge < -0.3 is 10.2 Å². The molecule has 130 valence electrons. The molecule has 1 saturated carbocycles. The number of likely N-dealkylation sites (tertiary alicyclic amines) is 1. The van der Waals surface area contributed by atoms with Crippen LogP contribution in [-0.2, 0) is 9.59 Å². The van der Waals surface area contributed by atoms with Crippen LogP contribution in [0.25, 0.3) is 0 Å². The Kier molecular flexibility index (Phi) is 6.18. The highest BCUT2D eigenvalue weighted by molar-refractivity contribution is 7.99. The van der Waals surface area contributed by atoms with E-state index in [0.717, 1.165) is 44.4 Å². The molecule has 2 aliphatic rings. The van der Waals surface area contributed by atoms with E-state index in [-0.39, 0.29) is 23.7 Å². The maximum Gasteiger partial charge on any atom is 0.225 e. The average molecular weight is 346 g/mol. The van der Waals surface area contributed by atoms with Crippen LogP contribution in [0.1, 0.15) is 32.1 Å². The Morgan fingerprint density at radius 2 is 1.92 bits per heavy atom. The lowest BCUT2D eigenvalue weighted by molar-refractivity contribution is -0.136. The SMILES string of the molecule is O=C(NCCCSc1ccccc1)[C@H]1CCCN(C(=O)C2CC2)C1. The molecule has 1 aromatic carbocycles. The van der Waals surface area contributed by atoms with E-state index in [4.69, 9.17) is 0 Å². The van der Waals surface area contributed by atoms with Crippen molar-refractivity contribution >= 4 is 23.6 Å². The van der Waals surface area contributed by atoms with Crippen LogP contribution in [0, 0.1) is 11.8 Å². The van der Waals surface area contributed by atoms with Crippen molar-refractivity contribution in [1.29, 1.82) is 0 Å². The lowest BCUT2D eigenvalue weighted by Crippen LogP contribution is -2.46. The van der Waals surface area contributed by atoms with E-state index in [1.165, 1.54) is 4.90 Å². The minimum atomic E-state index is -0.0248. The molecule has 24 heavy (non-hydrogen) atoms. The maximum absolute atomic E-state index is 12.3. The van der Waals surface area contributed by atoms with Crippen molar-refractivity contribution < 1.29 is 9.59 Å². The second-order valence-corrected chi connectivity index (χ2v) is 7.87. The molecule has 1 saturated heterocycles. The normalized spacial score (nSPS) is 20.7. The van der Waals surface area contributed by atoms with Crippen LogP contribution in [0.3, 0.4) is 0 Å². The first kappa shape index (κ1) is 17.3. The van der Waals surface area contributed by atoms with Gasteiger partial charge in [-0.3, -0.25) is 9.59 Å². The number of rotatable bonds is 7. The van der Waals surface area contributed by atoms with Gasteiger partial charge in [0.25, 0.3) is 0 Å². The molecule has 1 aliphatic carbocycles. The zero-order chi connectivity index (χ0) is 16.8. The van der Waals surface area contributed by atoms with Gasteiger partial charge in [0.05, 0.1) is 5.92 Å². The van der Waals surface area contributed by atoms with Gasteiger partial charge in [0.2, 0.25) is 11.8 Å². The van der Waals surface area contributed by atoms with Crippen molar-refractivity contribution in [1.82, 2.24) is 10.2 Å². The topological polar surface area (TPSA) is 49.4 Å². The molecular weight excluding hydrogens is 320 g/mol. The molecule has 1 aromatic rings. The third-order valence-corrected chi connectivity index (χ3v) is 5.76. The summed E-state index contributed by atoms with van der Waals surface area (Å²) in [7, 11) is 0. The Morgan fingerprint density at radius 1 is 1.12 bits per heavy atom. The molecule has 2 amide bonds. The Labute approximate surface area is 148 Å². The number of nitrogens with zero attached hydrogens (tertiary/aromatic N) is 1. The minimum Gasteiger partial charge on any atom is -0.356 e. The largest absolute Gasteiger partial charge is 0.356 e. The molecule has 1 aliphatic heterocycles. The summed E-state index contributed by atoms with van der Waals surface area (Å²) in [5.74, 6) is 1.62. The Morgan fingerprint density at radius 3 is 2.67 bits per heavy atom. The van der Waals surface area contributed by atoms with E-state index < -0.39 is 0 Å². The van der Waals surface area contributed by atoms with Crippen molar-refractivity contribution in [3.63, 3.8) is 0 Å². The molecule has 1 atom stereocenters. The Hall–Kier alpha value is -1.49. The third kappa shape index (κ3) is 5.00. The van der Waals surface area contributed by atoms with Gasteiger partial charge in [-0.05, 0) is 50.0 Å². The van der Waals surface area contributed by atoms with Gasteiger partial charge in [0, 0.05) is 30.4 Å². The van der Waals surface area contributed by atoms with Gasteiger partial charge in [-0.25, -0.2) is 0 Å². The zero-order valence-corrected chi connectivity index (χ0v) is 14.9. The number of carbonyl (C=O) groups excluding carboxylic acids is 2. The average Bonchev–Trinajstić information content (AvgIpc) is 3.47. The fraction of sp³-hybridized carbons (Fsp3) is 0.579. The van der Waals surface area contributed by atoms with Gasteiger partial charge >= 0.3 is 0 Å². The summed E-state index contributed by atoms with van der Waals surface area (Å²) in [6.45, 7) is 2.15. The summed E-state index contributed by atoms with van der Waals surface area (Å²) >= 11 is 1.82. The molecule has 3 rings (SSSR count). The van der Waals surface area contributed by atoms with Crippen LogP contribution in [0.2, 0.25) is 0 Å². The zero-order valence-electron chi connectivity index (χ0n) is 14.1.